The normalized spacial score (nSPS) is 15.7. The van der Waals surface area contributed by atoms with Crippen LogP contribution in [0.15, 0.2) is 30.3 Å². The maximum atomic E-state index is 12.6. The van der Waals surface area contributed by atoms with Crippen molar-refractivity contribution < 1.29 is 13.2 Å². The molecule has 2 N–H and O–H groups in total. The van der Waals surface area contributed by atoms with E-state index in [0.29, 0.717) is 18.9 Å². The summed E-state index contributed by atoms with van der Waals surface area (Å²) in [7, 11) is -3.52. The first-order valence-electron chi connectivity index (χ1n) is 9.63. The SMILES string of the molecule is Cc1ccc(-n2nc(NC(=O)N3CCN(S(=O)(=O)NC(C)C)CC3)cc2C)cc1. The van der Waals surface area contributed by atoms with Gasteiger partial charge in [0.05, 0.1) is 5.69 Å². The molecule has 3 rings (SSSR count). The van der Waals surface area contributed by atoms with Crippen molar-refractivity contribution in [2.24, 2.45) is 0 Å². The van der Waals surface area contributed by atoms with Gasteiger partial charge in [0, 0.05) is 44.0 Å². The molecule has 1 aliphatic rings. The summed E-state index contributed by atoms with van der Waals surface area (Å²) in [6, 6.07) is 9.33. The number of aromatic nitrogens is 2. The molecule has 1 fully saturated rings. The topological polar surface area (TPSA) is 99.6 Å². The molecule has 0 atom stereocenters. The number of aryl methyl sites for hydroxylation is 2. The highest BCUT2D eigenvalue weighted by Crippen LogP contribution is 2.16. The zero-order chi connectivity index (χ0) is 21.2. The number of rotatable bonds is 5. The quantitative estimate of drug-likeness (QED) is 0.771. The number of hydrogen-bond donors (Lipinski definition) is 2. The van der Waals surface area contributed by atoms with Crippen molar-refractivity contribution in [2.45, 2.75) is 33.7 Å². The second-order valence-electron chi connectivity index (χ2n) is 7.51. The summed E-state index contributed by atoms with van der Waals surface area (Å²) < 4.78 is 30.2. The largest absolute Gasteiger partial charge is 0.323 e. The Hall–Kier alpha value is -2.43. The van der Waals surface area contributed by atoms with Crippen LogP contribution < -0.4 is 10.0 Å². The molecule has 1 saturated heterocycles. The molecule has 29 heavy (non-hydrogen) atoms. The summed E-state index contributed by atoms with van der Waals surface area (Å²) in [5.74, 6) is 0.463. The van der Waals surface area contributed by atoms with Crippen LogP contribution >= 0.6 is 0 Å². The first kappa shape index (κ1) is 21.3. The van der Waals surface area contributed by atoms with E-state index in [-0.39, 0.29) is 25.2 Å². The van der Waals surface area contributed by atoms with Crippen LogP contribution in [0.1, 0.15) is 25.1 Å². The fourth-order valence-corrected chi connectivity index (χ4v) is 4.56. The molecule has 2 aromatic rings. The molecule has 1 aliphatic heterocycles. The van der Waals surface area contributed by atoms with Crippen LogP contribution in [0, 0.1) is 13.8 Å². The molecule has 0 radical (unpaired) electrons. The Morgan fingerprint density at radius 2 is 1.69 bits per heavy atom. The van der Waals surface area contributed by atoms with Crippen LogP contribution in [-0.2, 0) is 10.2 Å². The maximum Gasteiger partial charge on any atom is 0.323 e. The molecular weight excluding hydrogens is 392 g/mol. The van der Waals surface area contributed by atoms with Gasteiger partial charge in [-0.1, -0.05) is 17.7 Å². The van der Waals surface area contributed by atoms with Gasteiger partial charge in [0.15, 0.2) is 5.82 Å². The molecule has 10 heteroatoms. The second kappa shape index (κ2) is 8.52. The number of amides is 2. The van der Waals surface area contributed by atoms with Gasteiger partial charge in [-0.05, 0) is 39.8 Å². The summed E-state index contributed by atoms with van der Waals surface area (Å²) in [6.07, 6.45) is 0. The standard InChI is InChI=1S/C19H28N6O3S/c1-14(2)22-29(27,28)24-11-9-23(10-12-24)19(26)20-18-13-16(4)25(21-18)17-7-5-15(3)6-8-17/h5-8,13-14,22H,9-12H2,1-4H3,(H,20,21,26). The van der Waals surface area contributed by atoms with Crippen LogP contribution in [0.4, 0.5) is 10.6 Å². The van der Waals surface area contributed by atoms with E-state index in [9.17, 15) is 13.2 Å². The van der Waals surface area contributed by atoms with Crippen molar-refractivity contribution in [3.8, 4) is 5.69 Å². The number of carbonyl (C=O) groups is 1. The lowest BCUT2D eigenvalue weighted by Crippen LogP contribution is -2.54. The van der Waals surface area contributed by atoms with E-state index in [1.54, 1.807) is 23.4 Å². The lowest BCUT2D eigenvalue weighted by molar-refractivity contribution is 0.183. The predicted molar refractivity (Wildman–Crippen MR) is 112 cm³/mol. The summed E-state index contributed by atoms with van der Waals surface area (Å²) in [5, 5.41) is 7.28. The van der Waals surface area contributed by atoms with Crippen LogP contribution in [0.2, 0.25) is 0 Å². The van der Waals surface area contributed by atoms with Gasteiger partial charge in [0.2, 0.25) is 0 Å². The molecule has 1 aromatic carbocycles. The smallest absolute Gasteiger partial charge is 0.322 e. The molecule has 158 valence electrons. The number of benzene rings is 1. The zero-order valence-electron chi connectivity index (χ0n) is 17.2. The maximum absolute atomic E-state index is 12.6. The first-order valence-corrected chi connectivity index (χ1v) is 11.1. The Labute approximate surface area is 171 Å². The summed E-state index contributed by atoms with van der Waals surface area (Å²) in [5.41, 5.74) is 2.99. The van der Waals surface area contributed by atoms with Crippen molar-refractivity contribution in [1.82, 2.24) is 23.7 Å². The lowest BCUT2D eigenvalue weighted by Gasteiger charge is -2.34. The van der Waals surface area contributed by atoms with Crippen LogP contribution in [0.25, 0.3) is 5.69 Å². The Kier molecular flexibility index (Phi) is 6.25. The van der Waals surface area contributed by atoms with Crippen LogP contribution in [-0.4, -0.2) is 65.7 Å². The summed E-state index contributed by atoms with van der Waals surface area (Å²) in [6.45, 7) is 8.66. The van der Waals surface area contributed by atoms with Crippen LogP contribution in [0.5, 0.6) is 0 Å². The highest BCUT2D eigenvalue weighted by Gasteiger charge is 2.29. The Morgan fingerprint density at radius 3 is 2.28 bits per heavy atom. The monoisotopic (exact) mass is 420 g/mol. The Bertz CT molecular complexity index is 960. The summed E-state index contributed by atoms with van der Waals surface area (Å²) in [4.78, 5) is 14.2. The number of urea groups is 1. The zero-order valence-corrected chi connectivity index (χ0v) is 18.0. The number of nitrogens with zero attached hydrogens (tertiary/aromatic N) is 4. The van der Waals surface area contributed by atoms with Gasteiger partial charge in [0.1, 0.15) is 0 Å². The minimum Gasteiger partial charge on any atom is -0.322 e. The number of hydrogen-bond acceptors (Lipinski definition) is 4. The minimum absolute atomic E-state index is 0.173. The van der Waals surface area contributed by atoms with E-state index in [2.05, 4.69) is 15.1 Å². The third-order valence-corrected chi connectivity index (χ3v) is 6.47. The van der Waals surface area contributed by atoms with Crippen molar-refractivity contribution in [3.63, 3.8) is 0 Å². The molecule has 0 bridgehead atoms. The fraction of sp³-hybridized carbons (Fsp3) is 0.474. The van der Waals surface area contributed by atoms with E-state index in [4.69, 9.17) is 0 Å². The molecule has 0 unspecified atom stereocenters. The van der Waals surface area contributed by atoms with E-state index < -0.39 is 10.2 Å². The third kappa shape index (κ3) is 5.14. The van der Waals surface area contributed by atoms with Crippen LogP contribution in [0.3, 0.4) is 0 Å². The van der Waals surface area contributed by atoms with E-state index >= 15 is 0 Å². The van der Waals surface area contributed by atoms with Crippen molar-refractivity contribution in [2.75, 3.05) is 31.5 Å². The third-order valence-electron chi connectivity index (χ3n) is 4.65. The van der Waals surface area contributed by atoms with Gasteiger partial charge in [-0.3, -0.25) is 5.32 Å². The molecule has 9 nitrogen and oxygen atoms in total. The fourth-order valence-electron chi connectivity index (χ4n) is 3.18. The number of carbonyl (C=O) groups excluding carboxylic acids is 1. The van der Waals surface area contributed by atoms with Crippen molar-refractivity contribution >= 4 is 22.1 Å². The predicted octanol–water partition coefficient (Wildman–Crippen LogP) is 1.88. The van der Waals surface area contributed by atoms with Crippen molar-refractivity contribution in [1.29, 1.82) is 0 Å². The second-order valence-corrected chi connectivity index (χ2v) is 9.21. The van der Waals surface area contributed by atoms with Gasteiger partial charge < -0.3 is 4.90 Å². The molecule has 0 spiro atoms. The highest BCUT2D eigenvalue weighted by molar-refractivity contribution is 7.87. The van der Waals surface area contributed by atoms with Crippen molar-refractivity contribution in [3.05, 3.63) is 41.6 Å². The van der Waals surface area contributed by atoms with E-state index in [0.717, 1.165) is 16.9 Å². The molecule has 2 heterocycles. The molecule has 1 aromatic heterocycles. The van der Waals surface area contributed by atoms with Gasteiger partial charge in [-0.25, -0.2) is 9.48 Å². The van der Waals surface area contributed by atoms with Gasteiger partial charge in [-0.15, -0.1) is 5.10 Å². The molecular formula is C19H28N6O3S. The van der Waals surface area contributed by atoms with Gasteiger partial charge in [-0.2, -0.15) is 17.4 Å². The molecule has 0 aliphatic carbocycles. The highest BCUT2D eigenvalue weighted by atomic mass is 32.2. The molecule has 2 amide bonds. The molecule has 0 saturated carbocycles. The first-order chi connectivity index (χ1) is 13.7. The number of nitrogens with one attached hydrogen (secondary N) is 2. The minimum atomic E-state index is -3.52. The average molecular weight is 421 g/mol. The Morgan fingerprint density at radius 1 is 1.07 bits per heavy atom. The van der Waals surface area contributed by atoms with E-state index in [1.165, 1.54) is 4.31 Å². The summed E-state index contributed by atoms with van der Waals surface area (Å²) >= 11 is 0. The van der Waals surface area contributed by atoms with Gasteiger partial charge in [0.25, 0.3) is 10.2 Å². The lowest BCUT2D eigenvalue weighted by atomic mass is 10.2. The number of piperazine rings is 1. The number of anilines is 1. The Balaban J connectivity index is 1.61. The average Bonchev–Trinajstić information content (AvgIpc) is 3.01. The van der Waals surface area contributed by atoms with Gasteiger partial charge >= 0.3 is 6.03 Å². The van der Waals surface area contributed by atoms with E-state index in [1.807, 2.05) is 44.2 Å².